The summed E-state index contributed by atoms with van der Waals surface area (Å²) in [6.07, 6.45) is 5.46. The van der Waals surface area contributed by atoms with Gasteiger partial charge in [-0.15, -0.1) is 11.3 Å². The number of rotatable bonds is 6. The first kappa shape index (κ1) is 13.0. The van der Waals surface area contributed by atoms with Crippen molar-refractivity contribution in [1.82, 2.24) is 15.2 Å². The average molecular weight is 253 g/mol. The van der Waals surface area contributed by atoms with Gasteiger partial charge in [0.2, 0.25) is 0 Å². The molecule has 1 saturated heterocycles. The molecule has 1 aromatic heterocycles. The van der Waals surface area contributed by atoms with E-state index >= 15 is 0 Å². The van der Waals surface area contributed by atoms with Crippen LogP contribution in [0.5, 0.6) is 0 Å². The van der Waals surface area contributed by atoms with Crippen molar-refractivity contribution in [1.29, 1.82) is 0 Å². The van der Waals surface area contributed by atoms with Crippen molar-refractivity contribution in [3.8, 4) is 0 Å². The molecule has 0 bridgehead atoms. The molecule has 17 heavy (non-hydrogen) atoms. The zero-order chi connectivity index (χ0) is 11.9. The minimum absolute atomic E-state index is 0.913. The molecule has 0 aliphatic carbocycles. The molecule has 1 aliphatic rings. The van der Waals surface area contributed by atoms with Gasteiger partial charge >= 0.3 is 0 Å². The maximum absolute atomic E-state index is 4.32. The molecule has 3 nitrogen and oxygen atoms in total. The molecule has 1 fully saturated rings. The Morgan fingerprint density at radius 1 is 1.59 bits per heavy atom. The molecule has 0 aromatic carbocycles. The Morgan fingerprint density at radius 3 is 3.24 bits per heavy atom. The largest absolute Gasteiger partial charge is 0.316 e. The summed E-state index contributed by atoms with van der Waals surface area (Å²) in [5, 5.41) is 5.63. The minimum Gasteiger partial charge on any atom is -0.316 e. The second-order valence-electron chi connectivity index (χ2n) is 5.07. The smallest absolute Gasteiger partial charge is 0.0795 e. The molecular weight excluding hydrogens is 230 g/mol. The quantitative estimate of drug-likeness (QED) is 0.843. The van der Waals surface area contributed by atoms with E-state index in [2.05, 4.69) is 27.6 Å². The first-order chi connectivity index (χ1) is 8.34. The topological polar surface area (TPSA) is 28.2 Å². The lowest BCUT2D eigenvalue weighted by Gasteiger charge is -2.23. The van der Waals surface area contributed by atoms with Crippen LogP contribution in [0.3, 0.4) is 0 Å². The minimum atomic E-state index is 0.913. The summed E-state index contributed by atoms with van der Waals surface area (Å²) in [5.74, 6) is 0.913. The lowest BCUT2D eigenvalue weighted by Crippen LogP contribution is -2.30. The molecule has 1 aromatic rings. The Balaban J connectivity index is 1.58. The van der Waals surface area contributed by atoms with E-state index in [0.717, 1.165) is 12.5 Å². The highest BCUT2D eigenvalue weighted by molar-refractivity contribution is 7.07. The highest BCUT2D eigenvalue weighted by Crippen LogP contribution is 2.16. The first-order valence-corrected chi connectivity index (χ1v) is 7.55. The fourth-order valence-corrected chi connectivity index (χ4v) is 3.04. The molecule has 1 unspecified atom stereocenters. The Bertz CT molecular complexity index is 294. The van der Waals surface area contributed by atoms with Crippen molar-refractivity contribution in [2.24, 2.45) is 5.92 Å². The molecule has 1 aliphatic heterocycles. The Morgan fingerprint density at radius 2 is 2.53 bits per heavy atom. The Hall–Kier alpha value is -0.450. The van der Waals surface area contributed by atoms with Gasteiger partial charge in [-0.2, -0.15) is 0 Å². The van der Waals surface area contributed by atoms with Crippen LogP contribution in [-0.4, -0.2) is 36.6 Å². The third-order valence-corrected chi connectivity index (χ3v) is 4.10. The van der Waals surface area contributed by atoms with Crippen LogP contribution in [0.25, 0.3) is 0 Å². The van der Waals surface area contributed by atoms with E-state index in [9.17, 15) is 0 Å². The second kappa shape index (κ2) is 7.09. The van der Waals surface area contributed by atoms with Crippen LogP contribution in [0.1, 0.15) is 31.4 Å². The summed E-state index contributed by atoms with van der Waals surface area (Å²) in [6.45, 7) is 4.64. The summed E-state index contributed by atoms with van der Waals surface area (Å²) >= 11 is 1.68. The van der Waals surface area contributed by atoms with E-state index in [1.54, 1.807) is 11.3 Å². The normalized spacial score (nSPS) is 20.9. The molecule has 2 rings (SSSR count). The molecule has 0 spiro atoms. The zero-order valence-corrected chi connectivity index (χ0v) is 11.5. The third-order valence-electron chi connectivity index (χ3n) is 3.47. The highest BCUT2D eigenvalue weighted by atomic mass is 32.1. The summed E-state index contributed by atoms with van der Waals surface area (Å²) in [4.78, 5) is 6.70. The fraction of sp³-hybridized carbons (Fsp3) is 0.769. The average Bonchev–Trinajstić information content (AvgIpc) is 2.83. The van der Waals surface area contributed by atoms with E-state index < -0.39 is 0 Å². The maximum Gasteiger partial charge on any atom is 0.0795 e. The van der Waals surface area contributed by atoms with Crippen molar-refractivity contribution in [2.45, 2.75) is 32.2 Å². The zero-order valence-electron chi connectivity index (χ0n) is 10.7. The molecule has 0 saturated carbocycles. The fourth-order valence-electron chi connectivity index (χ4n) is 2.49. The van der Waals surface area contributed by atoms with Crippen LogP contribution < -0.4 is 5.32 Å². The van der Waals surface area contributed by atoms with Gasteiger partial charge in [0, 0.05) is 11.9 Å². The Kier molecular flexibility index (Phi) is 5.42. The summed E-state index contributed by atoms with van der Waals surface area (Å²) in [7, 11) is 2.19. The number of nitrogens with zero attached hydrogens (tertiary/aromatic N) is 2. The molecule has 1 N–H and O–H groups in total. The SMILES string of the molecule is CN(CCCC1CCCNC1)Cc1cscn1. The lowest BCUT2D eigenvalue weighted by atomic mass is 9.95. The Labute approximate surface area is 108 Å². The number of aromatic nitrogens is 1. The van der Waals surface area contributed by atoms with E-state index in [0.29, 0.717) is 0 Å². The van der Waals surface area contributed by atoms with E-state index in [1.165, 1.54) is 51.0 Å². The van der Waals surface area contributed by atoms with Crippen LogP contribution in [0.15, 0.2) is 10.9 Å². The van der Waals surface area contributed by atoms with Gasteiger partial charge in [-0.25, -0.2) is 4.98 Å². The highest BCUT2D eigenvalue weighted by Gasteiger charge is 2.12. The third kappa shape index (κ3) is 4.74. The van der Waals surface area contributed by atoms with Crippen LogP contribution in [0.2, 0.25) is 0 Å². The predicted molar refractivity (Wildman–Crippen MR) is 73.3 cm³/mol. The van der Waals surface area contributed by atoms with Gasteiger partial charge in [-0.3, -0.25) is 0 Å². The first-order valence-electron chi connectivity index (χ1n) is 6.61. The molecule has 0 radical (unpaired) electrons. The maximum atomic E-state index is 4.32. The van der Waals surface area contributed by atoms with E-state index in [4.69, 9.17) is 0 Å². The van der Waals surface area contributed by atoms with Crippen molar-refractivity contribution < 1.29 is 0 Å². The van der Waals surface area contributed by atoms with E-state index in [-0.39, 0.29) is 0 Å². The van der Waals surface area contributed by atoms with Gasteiger partial charge in [-0.05, 0) is 58.3 Å². The number of hydrogen-bond acceptors (Lipinski definition) is 4. The van der Waals surface area contributed by atoms with Gasteiger partial charge < -0.3 is 10.2 Å². The van der Waals surface area contributed by atoms with Gasteiger partial charge in [0.1, 0.15) is 0 Å². The van der Waals surface area contributed by atoms with Crippen LogP contribution in [0.4, 0.5) is 0 Å². The van der Waals surface area contributed by atoms with Gasteiger partial charge in [0.05, 0.1) is 11.2 Å². The van der Waals surface area contributed by atoms with Gasteiger partial charge in [0.25, 0.3) is 0 Å². The van der Waals surface area contributed by atoms with Crippen molar-refractivity contribution in [3.63, 3.8) is 0 Å². The van der Waals surface area contributed by atoms with Gasteiger partial charge in [-0.1, -0.05) is 0 Å². The van der Waals surface area contributed by atoms with Crippen molar-refractivity contribution >= 4 is 11.3 Å². The van der Waals surface area contributed by atoms with Crippen LogP contribution in [0, 0.1) is 5.92 Å². The summed E-state index contributed by atoms with van der Waals surface area (Å²) in [6, 6.07) is 0. The number of piperidine rings is 1. The number of thiazole rings is 1. The molecule has 2 heterocycles. The van der Waals surface area contributed by atoms with Crippen molar-refractivity contribution in [3.05, 3.63) is 16.6 Å². The second-order valence-corrected chi connectivity index (χ2v) is 5.79. The number of nitrogens with one attached hydrogen (secondary N) is 1. The monoisotopic (exact) mass is 253 g/mol. The standard InChI is InChI=1S/C13H23N3S/c1-16(9-13-10-17-11-15-13)7-3-5-12-4-2-6-14-8-12/h10-12,14H,2-9H2,1H3. The summed E-state index contributed by atoms with van der Waals surface area (Å²) < 4.78 is 0. The molecule has 96 valence electrons. The van der Waals surface area contributed by atoms with Crippen molar-refractivity contribution in [2.75, 3.05) is 26.7 Å². The molecule has 1 atom stereocenters. The molecule has 0 amide bonds. The molecular formula is C13H23N3S. The van der Waals surface area contributed by atoms with Crippen LogP contribution in [-0.2, 0) is 6.54 Å². The summed E-state index contributed by atoms with van der Waals surface area (Å²) in [5.41, 5.74) is 3.12. The van der Waals surface area contributed by atoms with E-state index in [1.807, 2.05) is 5.51 Å². The number of hydrogen-bond donors (Lipinski definition) is 1. The van der Waals surface area contributed by atoms with Gasteiger partial charge in [0.15, 0.2) is 0 Å². The molecule has 4 heteroatoms. The lowest BCUT2D eigenvalue weighted by molar-refractivity contribution is 0.286. The van der Waals surface area contributed by atoms with Crippen LogP contribution >= 0.6 is 11.3 Å². The predicted octanol–water partition coefficient (Wildman–Crippen LogP) is 2.35.